The minimum Gasteiger partial charge on any atom is -0.469 e. The number of ketones is 1. The van der Waals surface area contributed by atoms with Gasteiger partial charge in [0.1, 0.15) is 11.6 Å². The van der Waals surface area contributed by atoms with E-state index in [-0.39, 0.29) is 17.6 Å². The minimum absolute atomic E-state index is 0.00146. The van der Waals surface area contributed by atoms with E-state index in [9.17, 15) is 9.59 Å². The topological polar surface area (TPSA) is 84.2 Å². The normalized spacial score (nSPS) is 20.1. The first kappa shape index (κ1) is 22.2. The van der Waals surface area contributed by atoms with Gasteiger partial charge in [0.05, 0.1) is 6.26 Å². The van der Waals surface area contributed by atoms with Crippen LogP contribution in [0.3, 0.4) is 0 Å². The number of hydrogen-bond donors (Lipinski definition) is 2. The number of aromatic nitrogens is 1. The van der Waals surface area contributed by atoms with Gasteiger partial charge in [0.15, 0.2) is 5.78 Å². The van der Waals surface area contributed by atoms with Crippen LogP contribution < -0.4 is 10.6 Å². The van der Waals surface area contributed by atoms with Gasteiger partial charge in [0.25, 0.3) is 5.91 Å². The molecule has 3 aromatic rings. The number of carbonyl (C=O) groups excluding carboxylic acids is 2. The molecule has 0 radical (unpaired) electrons. The molecule has 7 heteroatoms. The molecule has 1 aliphatic carbocycles. The van der Waals surface area contributed by atoms with E-state index in [1.54, 1.807) is 24.5 Å². The van der Waals surface area contributed by atoms with E-state index < -0.39 is 5.92 Å². The highest BCUT2D eigenvalue weighted by Gasteiger charge is 2.41. The maximum absolute atomic E-state index is 13.5. The molecule has 2 atom stereocenters. The lowest BCUT2D eigenvalue weighted by Crippen LogP contribution is -2.37. The number of halogens is 1. The number of benzene rings is 1. The second-order valence-electron chi connectivity index (χ2n) is 8.70. The average Bonchev–Trinajstić information content (AvgIpc) is 3.33. The van der Waals surface area contributed by atoms with Gasteiger partial charge in [0.2, 0.25) is 0 Å². The smallest absolute Gasteiger partial charge is 0.255 e. The number of nitrogens with zero attached hydrogens (tertiary/aromatic N) is 1. The number of furan rings is 1. The van der Waals surface area contributed by atoms with Crippen LogP contribution in [0.4, 0.5) is 5.82 Å². The number of amides is 1. The summed E-state index contributed by atoms with van der Waals surface area (Å²) < 4.78 is 5.59. The Morgan fingerprint density at radius 1 is 1.09 bits per heavy atom. The fourth-order valence-corrected chi connectivity index (χ4v) is 4.98. The molecule has 0 bridgehead atoms. The van der Waals surface area contributed by atoms with Crippen LogP contribution in [0.2, 0.25) is 5.02 Å². The standard InChI is InChI=1S/C27H24ClN3O3/c1-15-5-3-7-23(29-15)31-27(33)24-16(2)30-20-13-18(22-6-4-12-34-22)14-21(32)26(20)25(24)17-8-10-19(28)11-9-17/h3-12,18,25,30H,13-14H2,1-2H3,(H,29,31,33)/t18-,25+/m0/s1. The van der Waals surface area contributed by atoms with E-state index in [1.807, 2.05) is 50.2 Å². The number of aryl methyl sites for hydroxylation is 1. The monoisotopic (exact) mass is 473 g/mol. The molecule has 0 spiro atoms. The van der Waals surface area contributed by atoms with Crippen molar-refractivity contribution in [2.24, 2.45) is 0 Å². The van der Waals surface area contributed by atoms with Crippen molar-refractivity contribution in [2.75, 3.05) is 5.32 Å². The lowest BCUT2D eigenvalue weighted by atomic mass is 9.72. The zero-order chi connectivity index (χ0) is 23.8. The van der Waals surface area contributed by atoms with E-state index in [2.05, 4.69) is 15.6 Å². The molecule has 2 aliphatic rings. The molecule has 3 heterocycles. The molecule has 0 fully saturated rings. The van der Waals surface area contributed by atoms with E-state index in [4.69, 9.17) is 16.0 Å². The van der Waals surface area contributed by atoms with Crippen molar-refractivity contribution in [3.63, 3.8) is 0 Å². The summed E-state index contributed by atoms with van der Waals surface area (Å²) in [6.45, 7) is 3.73. The Balaban J connectivity index is 1.56. The van der Waals surface area contributed by atoms with Crippen molar-refractivity contribution in [3.8, 4) is 0 Å². The molecular formula is C27H24ClN3O3. The van der Waals surface area contributed by atoms with Gasteiger partial charge in [-0.25, -0.2) is 4.98 Å². The number of carbonyl (C=O) groups is 2. The maximum atomic E-state index is 13.5. The van der Waals surface area contributed by atoms with Crippen molar-refractivity contribution in [1.82, 2.24) is 10.3 Å². The van der Waals surface area contributed by atoms with Gasteiger partial charge >= 0.3 is 0 Å². The Kier molecular flexibility index (Phi) is 5.84. The summed E-state index contributed by atoms with van der Waals surface area (Å²) in [5.74, 6) is 0.410. The number of nitrogens with one attached hydrogen (secondary N) is 2. The third-order valence-corrected chi connectivity index (χ3v) is 6.60. The van der Waals surface area contributed by atoms with Crippen molar-refractivity contribution < 1.29 is 14.0 Å². The first-order chi connectivity index (χ1) is 16.4. The van der Waals surface area contributed by atoms with E-state index >= 15 is 0 Å². The number of allylic oxidation sites excluding steroid dienone is 3. The highest BCUT2D eigenvalue weighted by atomic mass is 35.5. The van der Waals surface area contributed by atoms with Gasteiger partial charge in [-0.3, -0.25) is 9.59 Å². The van der Waals surface area contributed by atoms with Gasteiger partial charge in [-0.05, 0) is 62.2 Å². The molecule has 5 rings (SSSR count). The second-order valence-corrected chi connectivity index (χ2v) is 9.14. The van der Waals surface area contributed by atoms with Crippen LogP contribution in [0.25, 0.3) is 0 Å². The molecule has 0 saturated carbocycles. The van der Waals surface area contributed by atoms with Crippen LogP contribution in [-0.4, -0.2) is 16.7 Å². The molecule has 1 aromatic carbocycles. The van der Waals surface area contributed by atoms with Crippen LogP contribution >= 0.6 is 11.6 Å². The molecule has 0 saturated heterocycles. The number of anilines is 1. The predicted molar refractivity (Wildman–Crippen MR) is 130 cm³/mol. The quantitative estimate of drug-likeness (QED) is 0.512. The summed E-state index contributed by atoms with van der Waals surface area (Å²) in [7, 11) is 0. The Bertz CT molecular complexity index is 1320. The molecule has 0 unspecified atom stereocenters. The molecule has 1 aliphatic heterocycles. The van der Waals surface area contributed by atoms with Crippen LogP contribution in [0, 0.1) is 6.92 Å². The van der Waals surface area contributed by atoms with E-state index in [1.165, 1.54) is 0 Å². The van der Waals surface area contributed by atoms with Crippen molar-refractivity contribution in [3.05, 3.63) is 105 Å². The van der Waals surface area contributed by atoms with E-state index in [0.29, 0.717) is 40.5 Å². The number of pyridine rings is 1. The zero-order valence-electron chi connectivity index (χ0n) is 18.9. The summed E-state index contributed by atoms with van der Waals surface area (Å²) in [6.07, 6.45) is 2.58. The van der Waals surface area contributed by atoms with Crippen molar-refractivity contribution in [2.45, 2.75) is 38.5 Å². The number of Topliss-reactive ketones (excluding diaryl/α,β-unsaturated/α-hetero) is 1. The molecule has 2 aromatic heterocycles. The maximum Gasteiger partial charge on any atom is 0.255 e. The van der Waals surface area contributed by atoms with Gasteiger partial charge in [-0.2, -0.15) is 0 Å². The van der Waals surface area contributed by atoms with Crippen molar-refractivity contribution >= 4 is 29.1 Å². The summed E-state index contributed by atoms with van der Waals surface area (Å²) in [4.78, 5) is 31.5. The first-order valence-electron chi connectivity index (χ1n) is 11.2. The minimum atomic E-state index is -0.511. The SMILES string of the molecule is CC1=C(C(=O)Nc2cccc(C)n2)[C@@H](c2ccc(Cl)cc2)C2=C(C[C@H](c3ccco3)CC2=O)N1. The van der Waals surface area contributed by atoms with Gasteiger partial charge < -0.3 is 15.1 Å². The molecule has 6 nitrogen and oxygen atoms in total. The lowest BCUT2D eigenvalue weighted by Gasteiger charge is -2.36. The Morgan fingerprint density at radius 2 is 1.88 bits per heavy atom. The third kappa shape index (κ3) is 4.17. The average molecular weight is 474 g/mol. The summed E-state index contributed by atoms with van der Waals surface area (Å²) in [5, 5.41) is 6.87. The van der Waals surface area contributed by atoms with Gasteiger partial charge in [-0.1, -0.05) is 29.8 Å². The molecule has 172 valence electrons. The number of hydrogen-bond acceptors (Lipinski definition) is 5. The fourth-order valence-electron chi connectivity index (χ4n) is 4.85. The highest BCUT2D eigenvalue weighted by Crippen LogP contribution is 2.45. The highest BCUT2D eigenvalue weighted by molar-refractivity contribution is 6.30. The number of rotatable bonds is 4. The predicted octanol–water partition coefficient (Wildman–Crippen LogP) is 5.64. The summed E-state index contributed by atoms with van der Waals surface area (Å²) in [6, 6.07) is 16.5. The Hall–Kier alpha value is -3.64. The molecule has 1 amide bonds. The first-order valence-corrected chi connectivity index (χ1v) is 11.6. The Morgan fingerprint density at radius 3 is 2.59 bits per heavy atom. The fraction of sp³-hybridized carbons (Fsp3) is 0.222. The van der Waals surface area contributed by atoms with Crippen molar-refractivity contribution in [1.29, 1.82) is 0 Å². The zero-order valence-corrected chi connectivity index (χ0v) is 19.6. The molecular weight excluding hydrogens is 450 g/mol. The van der Waals surface area contributed by atoms with Gasteiger partial charge in [0, 0.05) is 51.5 Å². The van der Waals surface area contributed by atoms with Crippen LogP contribution in [-0.2, 0) is 9.59 Å². The second kappa shape index (κ2) is 8.95. The third-order valence-electron chi connectivity index (χ3n) is 6.35. The number of dihydropyridines is 1. The largest absolute Gasteiger partial charge is 0.469 e. The van der Waals surface area contributed by atoms with Crippen LogP contribution in [0.5, 0.6) is 0 Å². The van der Waals surface area contributed by atoms with Crippen LogP contribution in [0.1, 0.15) is 48.6 Å². The van der Waals surface area contributed by atoms with Crippen LogP contribution in [0.15, 0.2) is 87.8 Å². The summed E-state index contributed by atoms with van der Waals surface area (Å²) in [5.41, 5.74) is 4.30. The lowest BCUT2D eigenvalue weighted by molar-refractivity contribution is -0.116. The Labute approximate surface area is 202 Å². The van der Waals surface area contributed by atoms with E-state index in [0.717, 1.165) is 22.7 Å². The van der Waals surface area contributed by atoms with Gasteiger partial charge in [-0.15, -0.1) is 0 Å². The molecule has 2 N–H and O–H groups in total. The summed E-state index contributed by atoms with van der Waals surface area (Å²) >= 11 is 6.14. The molecule has 34 heavy (non-hydrogen) atoms.